The van der Waals surface area contributed by atoms with Crippen molar-refractivity contribution in [3.63, 3.8) is 0 Å². The summed E-state index contributed by atoms with van der Waals surface area (Å²) >= 11 is 1.29. The van der Waals surface area contributed by atoms with Gasteiger partial charge in [0.25, 0.3) is 0 Å². The van der Waals surface area contributed by atoms with Crippen LogP contribution >= 0.6 is 11.3 Å². The molecule has 0 bridgehead atoms. The third kappa shape index (κ3) is 1.71. The van der Waals surface area contributed by atoms with Crippen molar-refractivity contribution in [1.29, 1.82) is 5.26 Å². The van der Waals surface area contributed by atoms with E-state index in [9.17, 15) is 8.78 Å². The molecule has 0 N–H and O–H groups in total. The van der Waals surface area contributed by atoms with Crippen molar-refractivity contribution in [1.82, 2.24) is 9.97 Å². The molecule has 0 saturated carbocycles. The first-order valence-corrected chi connectivity index (χ1v) is 7.38. The van der Waals surface area contributed by atoms with Gasteiger partial charge in [0.05, 0.1) is 16.8 Å². The normalized spacial score (nSPS) is 15.8. The van der Waals surface area contributed by atoms with E-state index in [2.05, 4.69) is 9.97 Å². The van der Waals surface area contributed by atoms with E-state index in [0.717, 1.165) is 4.90 Å². The second kappa shape index (κ2) is 4.45. The van der Waals surface area contributed by atoms with Crippen molar-refractivity contribution in [3.05, 3.63) is 52.7 Å². The highest BCUT2D eigenvalue weighted by atomic mass is 32.1. The molecule has 0 radical (unpaired) electrons. The molecule has 0 fully saturated rings. The molecule has 0 saturated heterocycles. The number of benzene rings is 1. The Labute approximate surface area is 128 Å². The minimum absolute atomic E-state index is 0.0168. The molecule has 1 aliphatic heterocycles. The molecule has 108 valence electrons. The fraction of sp³-hybridized carbons (Fsp3) is 0.133. The molecule has 1 aromatic carbocycles. The number of fused-ring (bicyclic) bond motifs is 2. The first-order chi connectivity index (χ1) is 10.6. The van der Waals surface area contributed by atoms with Crippen molar-refractivity contribution in [2.24, 2.45) is 0 Å². The van der Waals surface area contributed by atoms with Crippen molar-refractivity contribution in [2.75, 3.05) is 4.90 Å². The van der Waals surface area contributed by atoms with Crippen molar-refractivity contribution < 1.29 is 8.78 Å². The van der Waals surface area contributed by atoms with E-state index in [1.54, 1.807) is 29.6 Å². The second-order valence-corrected chi connectivity index (χ2v) is 5.82. The molecular formula is C15H8F2N4S. The van der Waals surface area contributed by atoms with Crippen LogP contribution in [0.25, 0.3) is 10.2 Å². The second-order valence-electron chi connectivity index (χ2n) is 4.90. The first-order valence-electron chi connectivity index (χ1n) is 6.50. The van der Waals surface area contributed by atoms with E-state index in [1.165, 1.54) is 17.4 Å². The number of hydrogen-bond donors (Lipinski definition) is 0. The Morgan fingerprint density at radius 2 is 2.05 bits per heavy atom. The average molecular weight is 314 g/mol. The van der Waals surface area contributed by atoms with Gasteiger partial charge in [-0.25, -0.2) is 4.98 Å². The van der Waals surface area contributed by atoms with Crippen LogP contribution < -0.4 is 4.90 Å². The van der Waals surface area contributed by atoms with Crippen LogP contribution in [0.4, 0.5) is 14.6 Å². The molecule has 4 nitrogen and oxygen atoms in total. The van der Waals surface area contributed by atoms with E-state index < -0.39 is 6.05 Å². The third-order valence-electron chi connectivity index (χ3n) is 3.65. The van der Waals surface area contributed by atoms with Gasteiger partial charge in [0.2, 0.25) is 5.82 Å². The summed E-state index contributed by atoms with van der Waals surface area (Å²) in [6.45, 7) is 0.0536. The van der Waals surface area contributed by atoms with Gasteiger partial charge in [-0.3, -0.25) is 4.90 Å². The lowest BCUT2D eigenvalue weighted by Gasteiger charge is -2.25. The molecule has 0 amide bonds. The summed E-state index contributed by atoms with van der Waals surface area (Å²) in [6.07, 6.45) is 0. The van der Waals surface area contributed by atoms with Crippen molar-refractivity contribution >= 4 is 27.4 Å². The Hall–Kier alpha value is -2.59. The number of anilines is 1. The summed E-state index contributed by atoms with van der Waals surface area (Å²) in [6, 6.07) is 6.81. The summed E-state index contributed by atoms with van der Waals surface area (Å²) in [7, 11) is 0. The molecule has 2 aromatic heterocycles. The standard InChI is InChI=1S/C15H8F2N4S/c16-15(17)10-4-2-1-3-9(10)8-21(15)14-13-11(5-6-22-13)19-12(7-18)20-14/h1-6H,8H2. The lowest BCUT2D eigenvalue weighted by molar-refractivity contribution is 0.000733. The van der Waals surface area contributed by atoms with Crippen LogP contribution in [0.5, 0.6) is 0 Å². The minimum Gasteiger partial charge on any atom is -0.288 e. The van der Waals surface area contributed by atoms with Gasteiger partial charge in [-0.15, -0.1) is 11.3 Å². The average Bonchev–Trinajstić information content (AvgIpc) is 3.09. The predicted molar refractivity (Wildman–Crippen MR) is 78.6 cm³/mol. The molecule has 0 spiro atoms. The maximum absolute atomic E-state index is 14.7. The minimum atomic E-state index is -3.16. The topological polar surface area (TPSA) is 52.8 Å². The van der Waals surface area contributed by atoms with E-state index in [-0.39, 0.29) is 23.8 Å². The molecule has 0 atom stereocenters. The summed E-state index contributed by atoms with van der Waals surface area (Å²) < 4.78 is 30.1. The zero-order valence-corrected chi connectivity index (χ0v) is 11.9. The van der Waals surface area contributed by atoms with E-state index in [1.807, 2.05) is 6.07 Å². The van der Waals surface area contributed by atoms with Crippen LogP contribution in [-0.4, -0.2) is 9.97 Å². The van der Waals surface area contributed by atoms with Gasteiger partial charge in [-0.1, -0.05) is 24.3 Å². The fourth-order valence-electron chi connectivity index (χ4n) is 2.66. The number of hydrogen-bond acceptors (Lipinski definition) is 5. The number of nitriles is 1. The van der Waals surface area contributed by atoms with Crippen LogP contribution in [0.15, 0.2) is 35.7 Å². The number of thiophene rings is 1. The molecule has 3 aromatic rings. The van der Waals surface area contributed by atoms with Crippen molar-refractivity contribution in [3.8, 4) is 6.07 Å². The van der Waals surface area contributed by atoms with Gasteiger partial charge in [-0.2, -0.15) is 19.0 Å². The largest absolute Gasteiger partial charge is 0.354 e. The molecule has 7 heteroatoms. The highest BCUT2D eigenvalue weighted by Crippen LogP contribution is 2.46. The zero-order chi connectivity index (χ0) is 15.3. The number of rotatable bonds is 1. The van der Waals surface area contributed by atoms with E-state index in [4.69, 9.17) is 5.26 Å². The van der Waals surface area contributed by atoms with Crippen LogP contribution in [0, 0.1) is 11.3 Å². The number of aromatic nitrogens is 2. The molecular weight excluding hydrogens is 306 g/mol. The lowest BCUT2D eigenvalue weighted by Crippen LogP contribution is -2.33. The molecule has 3 heterocycles. The first kappa shape index (κ1) is 13.1. The maximum Gasteiger partial charge on any atom is 0.354 e. The predicted octanol–water partition coefficient (Wildman–Crippen LogP) is 3.63. The Balaban J connectivity index is 1.94. The summed E-state index contributed by atoms with van der Waals surface area (Å²) in [5.74, 6) is 0.00501. The Kier molecular flexibility index (Phi) is 2.65. The molecule has 22 heavy (non-hydrogen) atoms. The smallest absolute Gasteiger partial charge is 0.288 e. The van der Waals surface area contributed by atoms with Gasteiger partial charge in [-0.05, 0) is 17.0 Å². The summed E-state index contributed by atoms with van der Waals surface area (Å²) in [4.78, 5) is 9.03. The zero-order valence-electron chi connectivity index (χ0n) is 11.1. The Morgan fingerprint density at radius 3 is 2.82 bits per heavy atom. The Bertz CT molecular complexity index is 929. The van der Waals surface area contributed by atoms with Crippen LogP contribution in [0.1, 0.15) is 17.0 Å². The SMILES string of the molecule is N#Cc1nc(N2Cc3ccccc3C2(F)F)c2sccc2n1. The number of nitrogens with zero attached hydrogens (tertiary/aromatic N) is 4. The van der Waals surface area contributed by atoms with Gasteiger partial charge in [0.15, 0.2) is 5.82 Å². The highest BCUT2D eigenvalue weighted by molar-refractivity contribution is 7.17. The van der Waals surface area contributed by atoms with E-state index in [0.29, 0.717) is 15.8 Å². The molecule has 4 rings (SSSR count). The van der Waals surface area contributed by atoms with Crippen LogP contribution in [0.2, 0.25) is 0 Å². The number of alkyl halides is 2. The van der Waals surface area contributed by atoms with Crippen molar-refractivity contribution in [2.45, 2.75) is 12.6 Å². The molecule has 0 unspecified atom stereocenters. The fourth-order valence-corrected chi connectivity index (χ4v) is 3.48. The third-order valence-corrected chi connectivity index (χ3v) is 4.55. The molecule has 1 aliphatic rings. The Morgan fingerprint density at radius 1 is 1.23 bits per heavy atom. The lowest BCUT2D eigenvalue weighted by atomic mass is 10.1. The summed E-state index contributed by atoms with van der Waals surface area (Å²) in [5.41, 5.74) is 1.06. The quantitative estimate of drug-likeness (QED) is 0.644. The van der Waals surface area contributed by atoms with Crippen LogP contribution in [0.3, 0.4) is 0 Å². The maximum atomic E-state index is 14.7. The summed E-state index contributed by atoms with van der Waals surface area (Å²) in [5, 5.41) is 10.8. The van der Waals surface area contributed by atoms with E-state index >= 15 is 0 Å². The number of halogens is 2. The van der Waals surface area contributed by atoms with Crippen LogP contribution in [-0.2, 0) is 12.6 Å². The van der Waals surface area contributed by atoms with Gasteiger partial charge in [0, 0.05) is 5.56 Å². The molecule has 0 aliphatic carbocycles. The highest BCUT2D eigenvalue weighted by Gasteiger charge is 2.47. The van der Waals surface area contributed by atoms with Gasteiger partial charge < -0.3 is 0 Å². The van der Waals surface area contributed by atoms with Gasteiger partial charge in [0.1, 0.15) is 6.07 Å². The van der Waals surface area contributed by atoms with Gasteiger partial charge >= 0.3 is 6.05 Å². The monoisotopic (exact) mass is 314 g/mol.